The van der Waals surface area contributed by atoms with Crippen LogP contribution in [0.25, 0.3) is 10.1 Å². The van der Waals surface area contributed by atoms with Crippen LogP contribution in [0.15, 0.2) is 41.5 Å². The van der Waals surface area contributed by atoms with Gasteiger partial charge >= 0.3 is 0 Å². The van der Waals surface area contributed by atoms with Crippen molar-refractivity contribution >= 4 is 45.1 Å². The van der Waals surface area contributed by atoms with Gasteiger partial charge in [-0.2, -0.15) is 5.10 Å². The highest BCUT2D eigenvalue weighted by Crippen LogP contribution is 2.37. The van der Waals surface area contributed by atoms with Gasteiger partial charge in [0, 0.05) is 15.6 Å². The number of rotatable bonds is 6. The average molecular weight is 405 g/mol. The summed E-state index contributed by atoms with van der Waals surface area (Å²) < 4.78 is 16.5. The van der Waals surface area contributed by atoms with Crippen LogP contribution in [-0.4, -0.2) is 33.5 Å². The third-order valence-electron chi connectivity index (χ3n) is 3.85. The Balaban J connectivity index is 1.81. The van der Waals surface area contributed by atoms with E-state index in [1.165, 1.54) is 17.6 Å². The number of hydrogen-bond donors (Lipinski definition) is 1. The molecule has 0 spiro atoms. The molecule has 140 valence electrons. The molecule has 0 unspecified atom stereocenters. The molecule has 0 atom stereocenters. The number of nitrogens with zero attached hydrogens (tertiary/aromatic N) is 1. The molecule has 0 aliphatic heterocycles. The fraction of sp³-hybridized carbons (Fsp3) is 0.158. The van der Waals surface area contributed by atoms with Gasteiger partial charge in [-0.05, 0) is 36.4 Å². The van der Waals surface area contributed by atoms with Crippen molar-refractivity contribution in [1.82, 2.24) is 5.43 Å². The predicted molar refractivity (Wildman–Crippen MR) is 108 cm³/mol. The van der Waals surface area contributed by atoms with Gasteiger partial charge in [0.25, 0.3) is 5.91 Å². The van der Waals surface area contributed by atoms with Gasteiger partial charge in [0.2, 0.25) is 0 Å². The van der Waals surface area contributed by atoms with Crippen LogP contribution in [0.1, 0.15) is 15.2 Å². The van der Waals surface area contributed by atoms with Gasteiger partial charge in [0.1, 0.15) is 22.1 Å². The summed E-state index contributed by atoms with van der Waals surface area (Å²) in [5.74, 6) is 1.58. The lowest BCUT2D eigenvalue weighted by Crippen LogP contribution is -2.16. The number of carbonyl (C=O) groups is 1. The first-order valence-corrected chi connectivity index (χ1v) is 9.08. The van der Waals surface area contributed by atoms with Crippen LogP contribution in [0.4, 0.5) is 0 Å². The molecule has 0 saturated carbocycles. The van der Waals surface area contributed by atoms with Crippen molar-refractivity contribution in [2.75, 3.05) is 21.3 Å². The van der Waals surface area contributed by atoms with E-state index >= 15 is 0 Å². The number of halogens is 1. The van der Waals surface area contributed by atoms with Crippen molar-refractivity contribution in [3.05, 3.63) is 51.9 Å². The lowest BCUT2D eigenvalue weighted by molar-refractivity contribution is 0.0959. The van der Waals surface area contributed by atoms with Crippen LogP contribution in [-0.2, 0) is 0 Å². The van der Waals surface area contributed by atoms with Crippen LogP contribution in [0.2, 0.25) is 5.02 Å². The maximum absolute atomic E-state index is 12.5. The van der Waals surface area contributed by atoms with Gasteiger partial charge in [0.15, 0.2) is 0 Å². The number of hydrogen-bond acceptors (Lipinski definition) is 6. The SMILES string of the molecule is COc1ccc(OC)c(C=NNC(=O)c2sc3cc(OC)ccc3c2Cl)c1. The quantitative estimate of drug-likeness (QED) is 0.490. The minimum Gasteiger partial charge on any atom is -0.497 e. The van der Waals surface area contributed by atoms with E-state index in [-0.39, 0.29) is 0 Å². The fourth-order valence-corrected chi connectivity index (χ4v) is 3.91. The second-order valence-corrected chi connectivity index (χ2v) is 6.84. The van der Waals surface area contributed by atoms with Gasteiger partial charge in [-0.1, -0.05) is 11.6 Å². The molecule has 6 nitrogen and oxygen atoms in total. The van der Waals surface area contributed by atoms with E-state index in [4.69, 9.17) is 25.8 Å². The molecule has 1 amide bonds. The summed E-state index contributed by atoms with van der Waals surface area (Å²) in [5.41, 5.74) is 3.17. The Morgan fingerprint density at radius 2 is 1.78 bits per heavy atom. The normalized spacial score (nSPS) is 11.0. The number of carbonyl (C=O) groups excluding carboxylic acids is 1. The molecule has 0 radical (unpaired) electrons. The minimum absolute atomic E-state index is 0.384. The summed E-state index contributed by atoms with van der Waals surface area (Å²) in [6.45, 7) is 0. The maximum atomic E-state index is 12.5. The summed E-state index contributed by atoms with van der Waals surface area (Å²) in [6.07, 6.45) is 1.49. The highest BCUT2D eigenvalue weighted by molar-refractivity contribution is 7.21. The van der Waals surface area contributed by atoms with Crippen LogP contribution in [0.5, 0.6) is 17.2 Å². The van der Waals surface area contributed by atoms with Gasteiger partial charge < -0.3 is 14.2 Å². The predicted octanol–water partition coefficient (Wildman–Crippen LogP) is 4.34. The molecule has 8 heteroatoms. The van der Waals surface area contributed by atoms with Crippen molar-refractivity contribution in [3.8, 4) is 17.2 Å². The zero-order valence-corrected chi connectivity index (χ0v) is 16.5. The average Bonchev–Trinajstić information content (AvgIpc) is 3.03. The van der Waals surface area contributed by atoms with Crippen molar-refractivity contribution in [3.63, 3.8) is 0 Å². The highest BCUT2D eigenvalue weighted by atomic mass is 35.5. The standard InChI is InChI=1S/C19H17ClN2O4S/c1-24-12-5-7-15(26-3)11(8-12)10-21-22-19(23)18-17(20)14-6-4-13(25-2)9-16(14)27-18/h4-10H,1-3H3,(H,22,23). The molecule has 3 aromatic rings. The molecule has 0 aliphatic rings. The Kier molecular flexibility index (Phi) is 5.83. The van der Waals surface area contributed by atoms with E-state index in [0.717, 1.165) is 10.1 Å². The fourth-order valence-electron chi connectivity index (χ4n) is 2.47. The second-order valence-electron chi connectivity index (χ2n) is 5.41. The molecule has 27 heavy (non-hydrogen) atoms. The molecule has 1 aromatic heterocycles. The molecule has 0 saturated heterocycles. The summed E-state index contributed by atoms with van der Waals surface area (Å²) in [5, 5.41) is 5.20. The first kappa shape index (κ1) is 19.0. The number of thiophene rings is 1. The monoisotopic (exact) mass is 404 g/mol. The maximum Gasteiger partial charge on any atom is 0.283 e. The van der Waals surface area contributed by atoms with Crippen molar-refractivity contribution in [1.29, 1.82) is 0 Å². The number of fused-ring (bicyclic) bond motifs is 1. The highest BCUT2D eigenvalue weighted by Gasteiger charge is 2.17. The summed E-state index contributed by atoms with van der Waals surface area (Å²) >= 11 is 7.63. The lowest BCUT2D eigenvalue weighted by Gasteiger charge is -2.06. The number of hydrazone groups is 1. The summed E-state index contributed by atoms with van der Waals surface area (Å²) in [4.78, 5) is 12.9. The number of benzene rings is 2. The number of nitrogens with one attached hydrogen (secondary N) is 1. The summed E-state index contributed by atoms with van der Waals surface area (Å²) in [7, 11) is 4.72. The van der Waals surface area contributed by atoms with Gasteiger partial charge in [-0.15, -0.1) is 11.3 Å². The van der Waals surface area contributed by atoms with E-state index in [1.54, 1.807) is 45.6 Å². The Morgan fingerprint density at radius 3 is 2.48 bits per heavy atom. The van der Waals surface area contributed by atoms with E-state index in [1.807, 2.05) is 12.1 Å². The van der Waals surface area contributed by atoms with Crippen molar-refractivity contribution in [2.45, 2.75) is 0 Å². The first-order valence-electron chi connectivity index (χ1n) is 7.89. The smallest absolute Gasteiger partial charge is 0.283 e. The lowest BCUT2D eigenvalue weighted by atomic mass is 10.2. The van der Waals surface area contributed by atoms with Gasteiger partial charge in [0.05, 0.1) is 32.6 Å². The number of amides is 1. The largest absolute Gasteiger partial charge is 0.497 e. The molecule has 3 rings (SSSR count). The van der Waals surface area contributed by atoms with Crippen LogP contribution in [0.3, 0.4) is 0 Å². The Morgan fingerprint density at radius 1 is 1.07 bits per heavy atom. The minimum atomic E-state index is -0.390. The van der Waals surface area contributed by atoms with Crippen LogP contribution in [0, 0.1) is 0 Å². The molecular weight excluding hydrogens is 388 g/mol. The zero-order chi connectivity index (χ0) is 19.4. The molecule has 2 aromatic carbocycles. The number of ether oxygens (including phenoxy) is 3. The van der Waals surface area contributed by atoms with Crippen molar-refractivity contribution < 1.29 is 19.0 Å². The first-order chi connectivity index (χ1) is 13.1. The topological polar surface area (TPSA) is 69.2 Å². The van der Waals surface area contributed by atoms with Crippen molar-refractivity contribution in [2.24, 2.45) is 5.10 Å². The summed E-state index contributed by atoms with van der Waals surface area (Å²) in [6, 6.07) is 10.8. The van der Waals surface area contributed by atoms with E-state index < -0.39 is 5.91 Å². The molecule has 1 N–H and O–H groups in total. The molecular formula is C19H17ClN2O4S. The molecule has 0 fully saturated rings. The Labute approximate surface area is 165 Å². The van der Waals surface area contributed by atoms with Gasteiger partial charge in [-0.3, -0.25) is 4.79 Å². The molecule has 1 heterocycles. The number of methoxy groups -OCH3 is 3. The van der Waals surface area contributed by atoms with Crippen LogP contribution < -0.4 is 19.6 Å². The third kappa shape index (κ3) is 3.99. The molecule has 0 bridgehead atoms. The molecule has 0 aliphatic carbocycles. The van der Waals surface area contributed by atoms with Crippen LogP contribution >= 0.6 is 22.9 Å². The van der Waals surface area contributed by atoms with E-state index in [0.29, 0.717) is 32.7 Å². The zero-order valence-electron chi connectivity index (χ0n) is 14.9. The Bertz CT molecular complexity index is 1020. The Hall–Kier alpha value is -2.77. The van der Waals surface area contributed by atoms with E-state index in [9.17, 15) is 4.79 Å². The second kappa shape index (κ2) is 8.28. The van der Waals surface area contributed by atoms with E-state index in [2.05, 4.69) is 10.5 Å². The van der Waals surface area contributed by atoms with Gasteiger partial charge in [-0.25, -0.2) is 5.43 Å². The third-order valence-corrected chi connectivity index (χ3v) is 5.51.